The molecule has 0 unspecified atom stereocenters. The fourth-order valence-corrected chi connectivity index (χ4v) is 2.58. The highest BCUT2D eigenvalue weighted by Gasteiger charge is 2.34. The smallest absolute Gasteiger partial charge is 0.379 e. The van der Waals surface area contributed by atoms with Crippen molar-refractivity contribution in [3.05, 3.63) is 47.2 Å². The Kier molecular flexibility index (Phi) is 6.87. The number of hydrogen-bond donors (Lipinski definition) is 1. The van der Waals surface area contributed by atoms with E-state index in [0.717, 1.165) is 6.07 Å². The van der Waals surface area contributed by atoms with Gasteiger partial charge in [0.05, 0.1) is 22.6 Å². The molecule has 1 N–H and O–H groups in total. The lowest BCUT2D eigenvalue weighted by atomic mass is 10.0. The first-order valence-corrected chi connectivity index (χ1v) is 9.18. The SMILES string of the molecule is COC(C)(C)C.Cc1nc2c(C)cc(-c3ccccc3C(F)(F)F)nn2c1NC=O. The molecule has 3 aromatic rings. The maximum atomic E-state index is 13.2. The van der Waals surface area contributed by atoms with Crippen LogP contribution in [0.25, 0.3) is 16.9 Å². The van der Waals surface area contributed by atoms with E-state index in [2.05, 4.69) is 15.4 Å². The average Bonchev–Trinajstić information content (AvgIpc) is 2.98. The zero-order chi connectivity index (χ0) is 22.7. The second-order valence-electron chi connectivity index (χ2n) is 7.62. The minimum absolute atomic E-state index is 0.0293. The van der Waals surface area contributed by atoms with Gasteiger partial charge in [-0.1, -0.05) is 18.2 Å². The van der Waals surface area contributed by atoms with Crippen molar-refractivity contribution < 1.29 is 22.7 Å². The third kappa shape index (κ3) is 5.35. The van der Waals surface area contributed by atoms with Gasteiger partial charge in [-0.3, -0.25) is 4.79 Å². The van der Waals surface area contributed by atoms with E-state index < -0.39 is 11.7 Å². The predicted octanol–water partition coefficient (Wildman–Crippen LogP) is 5.03. The minimum Gasteiger partial charge on any atom is -0.379 e. The number of benzene rings is 1. The normalized spacial score (nSPS) is 11.8. The topological polar surface area (TPSA) is 68.5 Å². The molecule has 30 heavy (non-hydrogen) atoms. The van der Waals surface area contributed by atoms with E-state index in [4.69, 9.17) is 4.74 Å². The van der Waals surface area contributed by atoms with Gasteiger partial charge in [0.2, 0.25) is 6.41 Å². The maximum absolute atomic E-state index is 13.2. The summed E-state index contributed by atoms with van der Waals surface area (Å²) in [5.74, 6) is 0.328. The molecule has 0 fully saturated rings. The number of halogens is 3. The van der Waals surface area contributed by atoms with Gasteiger partial charge in [-0.05, 0) is 52.3 Å². The molecule has 2 aromatic heterocycles. The number of nitrogens with zero attached hydrogens (tertiary/aromatic N) is 3. The number of aromatic nitrogens is 3. The first-order chi connectivity index (χ1) is 13.9. The van der Waals surface area contributed by atoms with Gasteiger partial charge in [-0.15, -0.1) is 0 Å². The van der Waals surface area contributed by atoms with E-state index >= 15 is 0 Å². The number of hydrogen-bond acceptors (Lipinski definition) is 4. The summed E-state index contributed by atoms with van der Waals surface area (Å²) in [5.41, 5.74) is 1.05. The molecule has 6 nitrogen and oxygen atoms in total. The number of rotatable bonds is 3. The molecule has 162 valence electrons. The Hall–Kier alpha value is -2.94. The van der Waals surface area contributed by atoms with Crippen molar-refractivity contribution in [1.29, 1.82) is 0 Å². The molecule has 0 spiro atoms. The van der Waals surface area contributed by atoms with Crippen LogP contribution in [0.3, 0.4) is 0 Å². The molecule has 9 heteroatoms. The Morgan fingerprint density at radius 2 is 1.73 bits per heavy atom. The van der Waals surface area contributed by atoms with E-state index in [0.29, 0.717) is 29.1 Å². The number of aryl methyl sites for hydroxylation is 2. The first kappa shape index (κ1) is 23.3. The van der Waals surface area contributed by atoms with Gasteiger partial charge < -0.3 is 10.1 Å². The zero-order valence-corrected chi connectivity index (χ0v) is 17.8. The molecule has 3 rings (SSSR count). The molecule has 1 aromatic carbocycles. The molecule has 0 aliphatic heterocycles. The number of anilines is 1. The Morgan fingerprint density at radius 3 is 2.27 bits per heavy atom. The standard InChI is InChI=1S/C16H13F3N4O.C5H12O/c1-9-7-13(11-5-3-4-6-12(11)16(17,18)19)22-23-14(9)21-10(2)15(23)20-8-24;1-5(2,3)6-4/h3-8H,1-2H3,(H,20,24);1-4H3. The Labute approximate surface area is 173 Å². The van der Waals surface area contributed by atoms with Crippen molar-refractivity contribution in [2.24, 2.45) is 0 Å². The largest absolute Gasteiger partial charge is 0.417 e. The monoisotopic (exact) mass is 422 g/mol. The number of imidazole rings is 1. The van der Waals surface area contributed by atoms with Crippen molar-refractivity contribution in [1.82, 2.24) is 14.6 Å². The van der Waals surface area contributed by atoms with Gasteiger partial charge in [-0.2, -0.15) is 22.8 Å². The Bertz CT molecular complexity index is 1040. The van der Waals surface area contributed by atoms with E-state index in [-0.39, 0.29) is 16.9 Å². The second-order valence-corrected chi connectivity index (χ2v) is 7.62. The van der Waals surface area contributed by atoms with E-state index in [1.54, 1.807) is 27.0 Å². The lowest BCUT2D eigenvalue weighted by Crippen LogP contribution is -2.15. The van der Waals surface area contributed by atoms with Crippen molar-refractivity contribution >= 4 is 17.9 Å². The molecule has 0 aliphatic rings. The molecule has 0 saturated carbocycles. The highest BCUT2D eigenvalue weighted by molar-refractivity contribution is 5.74. The van der Waals surface area contributed by atoms with E-state index in [9.17, 15) is 18.0 Å². The molecule has 0 saturated heterocycles. The summed E-state index contributed by atoms with van der Waals surface area (Å²) < 4.78 is 46.0. The predicted molar refractivity (Wildman–Crippen MR) is 109 cm³/mol. The third-order valence-electron chi connectivity index (χ3n) is 4.26. The van der Waals surface area contributed by atoms with Crippen LogP contribution in [-0.2, 0) is 15.7 Å². The molecular weight excluding hydrogens is 397 g/mol. The van der Waals surface area contributed by atoms with Crippen molar-refractivity contribution in [2.75, 3.05) is 12.4 Å². The molecule has 0 radical (unpaired) electrons. The van der Waals surface area contributed by atoms with E-state index in [1.165, 1.54) is 22.7 Å². The number of alkyl halides is 3. The zero-order valence-electron chi connectivity index (χ0n) is 17.8. The summed E-state index contributed by atoms with van der Waals surface area (Å²) in [4.78, 5) is 15.1. The fourth-order valence-electron chi connectivity index (χ4n) is 2.58. The number of methoxy groups -OCH3 is 1. The summed E-state index contributed by atoms with van der Waals surface area (Å²) in [7, 11) is 1.71. The Morgan fingerprint density at radius 1 is 1.13 bits per heavy atom. The highest BCUT2D eigenvalue weighted by atomic mass is 19.4. The summed E-state index contributed by atoms with van der Waals surface area (Å²) in [6, 6.07) is 6.79. The molecule has 1 amide bonds. The van der Waals surface area contributed by atoms with Crippen molar-refractivity contribution in [3.8, 4) is 11.3 Å². The number of amides is 1. The van der Waals surface area contributed by atoms with Crippen LogP contribution in [-0.4, -0.2) is 33.7 Å². The number of fused-ring (bicyclic) bond motifs is 1. The summed E-state index contributed by atoms with van der Waals surface area (Å²) in [6.07, 6.45) is -4.01. The third-order valence-corrected chi connectivity index (χ3v) is 4.26. The van der Waals surface area contributed by atoms with Gasteiger partial charge in [-0.25, -0.2) is 4.98 Å². The summed E-state index contributed by atoms with van der Waals surface area (Å²) in [5, 5.41) is 6.74. The highest BCUT2D eigenvalue weighted by Crippen LogP contribution is 2.36. The molecule has 0 aliphatic carbocycles. The summed E-state index contributed by atoms with van der Waals surface area (Å²) >= 11 is 0. The number of carbonyl (C=O) groups is 1. The lowest BCUT2D eigenvalue weighted by molar-refractivity contribution is -0.137. The molecular formula is C21H25F3N4O2. The average molecular weight is 422 g/mol. The minimum atomic E-state index is -4.49. The first-order valence-electron chi connectivity index (χ1n) is 9.18. The number of nitrogens with one attached hydrogen (secondary N) is 1. The molecule has 2 heterocycles. The van der Waals surface area contributed by atoms with Crippen LogP contribution < -0.4 is 5.32 Å². The molecule has 0 bridgehead atoms. The maximum Gasteiger partial charge on any atom is 0.417 e. The summed E-state index contributed by atoms with van der Waals surface area (Å²) in [6.45, 7) is 9.48. The fraction of sp³-hybridized carbons (Fsp3) is 0.381. The van der Waals surface area contributed by atoms with Gasteiger partial charge >= 0.3 is 6.18 Å². The van der Waals surface area contributed by atoms with Crippen LogP contribution >= 0.6 is 0 Å². The van der Waals surface area contributed by atoms with Crippen LogP contribution in [0.15, 0.2) is 30.3 Å². The number of carbonyl (C=O) groups excluding carboxylic acids is 1. The van der Waals surface area contributed by atoms with Crippen LogP contribution in [0.5, 0.6) is 0 Å². The molecule has 0 atom stereocenters. The lowest BCUT2D eigenvalue weighted by Gasteiger charge is -2.14. The van der Waals surface area contributed by atoms with Crippen LogP contribution in [0.2, 0.25) is 0 Å². The second kappa shape index (κ2) is 8.83. The van der Waals surface area contributed by atoms with Gasteiger partial charge in [0.1, 0.15) is 0 Å². The van der Waals surface area contributed by atoms with Gasteiger partial charge in [0.15, 0.2) is 11.5 Å². The van der Waals surface area contributed by atoms with Crippen molar-refractivity contribution in [3.63, 3.8) is 0 Å². The van der Waals surface area contributed by atoms with E-state index in [1.807, 2.05) is 20.8 Å². The van der Waals surface area contributed by atoms with Gasteiger partial charge in [0, 0.05) is 12.7 Å². The Balaban J connectivity index is 0.000000469. The van der Waals surface area contributed by atoms with Crippen LogP contribution in [0.1, 0.15) is 37.6 Å². The van der Waals surface area contributed by atoms with Crippen molar-refractivity contribution in [2.45, 2.75) is 46.4 Å². The quantitative estimate of drug-likeness (QED) is 0.601. The van der Waals surface area contributed by atoms with Crippen LogP contribution in [0.4, 0.5) is 19.0 Å². The van der Waals surface area contributed by atoms with Crippen LogP contribution in [0, 0.1) is 13.8 Å². The van der Waals surface area contributed by atoms with Gasteiger partial charge in [0.25, 0.3) is 0 Å². The number of ether oxygens (including phenoxy) is 1.